The molecular weight excluding hydrogens is 503 g/mol. The average Bonchev–Trinajstić information content (AvgIpc) is 3.48. The van der Waals surface area contributed by atoms with Crippen molar-refractivity contribution in [2.75, 3.05) is 32.7 Å². The van der Waals surface area contributed by atoms with Gasteiger partial charge in [0, 0.05) is 49.6 Å². The van der Waals surface area contributed by atoms with E-state index in [1.54, 1.807) is 12.1 Å². The summed E-state index contributed by atoms with van der Waals surface area (Å²) in [6.07, 6.45) is 10.2. The summed E-state index contributed by atoms with van der Waals surface area (Å²) in [7, 11) is 0. The molecule has 2 aliphatic heterocycles. The fraction of sp³-hybridized carbons (Fsp3) is 0.533. The number of carboxylic acid groups (broad SMARTS) is 1. The minimum Gasteiger partial charge on any atom is -0.480 e. The lowest BCUT2D eigenvalue weighted by molar-refractivity contribution is -0.144. The molecule has 1 aliphatic carbocycles. The zero-order chi connectivity index (χ0) is 26.2. The van der Waals surface area contributed by atoms with E-state index in [0.717, 1.165) is 69.5 Å². The fourth-order valence-corrected chi connectivity index (χ4v) is 7.09. The van der Waals surface area contributed by atoms with E-state index in [1.807, 2.05) is 30.6 Å². The largest absolute Gasteiger partial charge is 0.480 e. The van der Waals surface area contributed by atoms with E-state index in [-0.39, 0.29) is 17.7 Å². The fourth-order valence-electron chi connectivity index (χ4n) is 6.93. The number of nitrogens with zero attached hydrogens (tertiary/aromatic N) is 4. The molecule has 1 unspecified atom stereocenters. The zero-order valence-electron chi connectivity index (χ0n) is 21.7. The summed E-state index contributed by atoms with van der Waals surface area (Å²) in [4.78, 5) is 21.6. The number of aliphatic carboxylic acids is 1. The predicted octanol–water partition coefficient (Wildman–Crippen LogP) is 5.67. The van der Waals surface area contributed by atoms with E-state index in [1.165, 1.54) is 18.2 Å². The van der Waals surface area contributed by atoms with Crippen molar-refractivity contribution in [2.24, 2.45) is 11.8 Å². The van der Waals surface area contributed by atoms with Crippen molar-refractivity contribution in [3.63, 3.8) is 0 Å². The maximum Gasteiger partial charge on any atom is 0.320 e. The molecule has 1 saturated carbocycles. The molecule has 1 aromatic carbocycles. The molecule has 3 aromatic rings. The summed E-state index contributed by atoms with van der Waals surface area (Å²) >= 11 is 6.25. The van der Waals surface area contributed by atoms with Gasteiger partial charge in [0.1, 0.15) is 17.5 Å². The second-order valence-electron chi connectivity index (χ2n) is 11.6. The van der Waals surface area contributed by atoms with Crippen LogP contribution in [0, 0.1) is 17.7 Å². The van der Waals surface area contributed by atoms with Gasteiger partial charge in [-0.25, -0.2) is 9.37 Å². The number of piperidine rings is 1. The third-order valence-corrected chi connectivity index (χ3v) is 9.47. The van der Waals surface area contributed by atoms with Crippen LogP contribution < -0.4 is 0 Å². The van der Waals surface area contributed by atoms with Crippen molar-refractivity contribution in [3.05, 3.63) is 70.9 Å². The van der Waals surface area contributed by atoms with Crippen LogP contribution in [0.3, 0.4) is 0 Å². The highest BCUT2D eigenvalue weighted by molar-refractivity contribution is 6.30. The summed E-state index contributed by atoms with van der Waals surface area (Å²) in [6.45, 7) is 4.29. The number of fused-ring (bicyclic) bond motifs is 1. The Morgan fingerprint density at radius 1 is 1.13 bits per heavy atom. The zero-order valence-corrected chi connectivity index (χ0v) is 22.4. The molecule has 3 fully saturated rings. The lowest BCUT2D eigenvalue weighted by Crippen LogP contribution is -2.43. The Bertz CT molecular complexity index is 1290. The molecule has 6 nitrogen and oxygen atoms in total. The Hall–Kier alpha value is -2.48. The Labute approximate surface area is 228 Å². The number of carboxylic acids is 1. The molecule has 8 heteroatoms. The highest BCUT2D eigenvalue weighted by atomic mass is 35.5. The Morgan fingerprint density at radius 2 is 1.95 bits per heavy atom. The SMILES string of the molecule is O=C(O)[C@@H](CC1CCC1)N1CC(CN2CCC(c3cnc4ccc(Cl)cn34)CC2)[C@@H](c2cccc(F)c2)C1. The highest BCUT2D eigenvalue weighted by Gasteiger charge is 2.41. The number of hydrogen-bond donors (Lipinski definition) is 1. The quantitative estimate of drug-likeness (QED) is 0.401. The Balaban J connectivity index is 1.15. The van der Waals surface area contributed by atoms with Crippen LogP contribution in [0.25, 0.3) is 5.65 Å². The number of imidazole rings is 1. The molecule has 2 aromatic heterocycles. The van der Waals surface area contributed by atoms with Gasteiger partial charge < -0.3 is 14.4 Å². The third-order valence-electron chi connectivity index (χ3n) is 9.25. The van der Waals surface area contributed by atoms with Gasteiger partial charge in [-0.3, -0.25) is 9.69 Å². The van der Waals surface area contributed by atoms with Crippen LogP contribution in [-0.2, 0) is 4.79 Å². The van der Waals surface area contributed by atoms with E-state index in [0.29, 0.717) is 23.4 Å². The van der Waals surface area contributed by atoms with Crippen molar-refractivity contribution >= 4 is 23.2 Å². The van der Waals surface area contributed by atoms with Gasteiger partial charge in [0.05, 0.1) is 5.02 Å². The van der Waals surface area contributed by atoms with E-state index in [2.05, 4.69) is 19.2 Å². The molecule has 0 bridgehead atoms. The normalized spacial score (nSPS) is 24.6. The third kappa shape index (κ3) is 5.33. The molecule has 6 rings (SSSR count). The van der Waals surface area contributed by atoms with E-state index in [4.69, 9.17) is 11.6 Å². The molecule has 0 spiro atoms. The molecule has 0 radical (unpaired) electrons. The maximum atomic E-state index is 14.2. The van der Waals surface area contributed by atoms with Crippen molar-refractivity contribution in [1.29, 1.82) is 0 Å². The van der Waals surface area contributed by atoms with E-state index < -0.39 is 12.0 Å². The standard InChI is InChI=1S/C30H36ClFN4O2/c31-24-7-8-29-33-15-28(36(29)18-24)21-9-11-34(12-10-21)16-23-17-35(27(30(37)38)13-20-3-1-4-20)19-26(23)22-5-2-6-25(32)14-22/h2,5-8,14-15,18,20-21,23,26-27H,1,3-4,9-13,16-17,19H2,(H,37,38)/t23?,26-,27-/m1/s1. The number of halogens is 2. The first kappa shape index (κ1) is 25.8. The molecular formula is C30H36ClFN4O2. The van der Waals surface area contributed by atoms with Gasteiger partial charge in [-0.05, 0) is 74.0 Å². The number of pyridine rings is 1. The van der Waals surface area contributed by atoms with Crippen LogP contribution in [0.15, 0.2) is 48.8 Å². The van der Waals surface area contributed by atoms with Crippen molar-refractivity contribution in [2.45, 2.75) is 56.4 Å². The van der Waals surface area contributed by atoms with Crippen molar-refractivity contribution in [1.82, 2.24) is 19.2 Å². The average molecular weight is 539 g/mol. The monoisotopic (exact) mass is 538 g/mol. The summed E-state index contributed by atoms with van der Waals surface area (Å²) in [5, 5.41) is 10.8. The summed E-state index contributed by atoms with van der Waals surface area (Å²) < 4.78 is 16.3. The van der Waals surface area contributed by atoms with Crippen LogP contribution in [0.2, 0.25) is 5.02 Å². The first-order valence-corrected chi connectivity index (χ1v) is 14.4. The van der Waals surface area contributed by atoms with Gasteiger partial charge in [0.2, 0.25) is 0 Å². The number of benzene rings is 1. The van der Waals surface area contributed by atoms with Crippen LogP contribution >= 0.6 is 11.6 Å². The first-order chi connectivity index (χ1) is 18.4. The Morgan fingerprint density at radius 3 is 2.66 bits per heavy atom. The minimum atomic E-state index is -0.718. The molecule has 1 N–H and O–H groups in total. The molecule has 3 atom stereocenters. The summed E-state index contributed by atoms with van der Waals surface area (Å²) in [5.41, 5.74) is 3.13. The number of hydrogen-bond acceptors (Lipinski definition) is 4. The molecule has 4 heterocycles. The Kier molecular flexibility index (Phi) is 7.43. The lowest BCUT2D eigenvalue weighted by Gasteiger charge is -2.35. The maximum absolute atomic E-state index is 14.2. The second-order valence-corrected chi connectivity index (χ2v) is 12.0. The first-order valence-electron chi connectivity index (χ1n) is 14.0. The van der Waals surface area contributed by atoms with E-state index >= 15 is 0 Å². The van der Waals surface area contributed by atoms with Crippen LogP contribution in [-0.4, -0.2) is 69.0 Å². The minimum absolute atomic E-state index is 0.132. The van der Waals surface area contributed by atoms with Gasteiger partial charge in [0.25, 0.3) is 0 Å². The van der Waals surface area contributed by atoms with Gasteiger partial charge >= 0.3 is 5.97 Å². The highest BCUT2D eigenvalue weighted by Crippen LogP contribution is 2.39. The number of carbonyl (C=O) groups is 1. The number of likely N-dealkylation sites (tertiary alicyclic amines) is 2. The van der Waals surface area contributed by atoms with Crippen LogP contribution in [0.5, 0.6) is 0 Å². The molecule has 38 heavy (non-hydrogen) atoms. The van der Waals surface area contributed by atoms with E-state index in [9.17, 15) is 14.3 Å². The molecule has 202 valence electrons. The summed E-state index contributed by atoms with van der Waals surface area (Å²) in [5.74, 6) is 0.412. The van der Waals surface area contributed by atoms with Gasteiger partial charge in [-0.15, -0.1) is 0 Å². The van der Waals surface area contributed by atoms with Crippen LogP contribution in [0.4, 0.5) is 4.39 Å². The van der Waals surface area contributed by atoms with Crippen LogP contribution in [0.1, 0.15) is 61.6 Å². The topological polar surface area (TPSA) is 61.1 Å². The molecule has 2 saturated heterocycles. The molecule has 3 aliphatic rings. The van der Waals surface area contributed by atoms with Gasteiger partial charge in [-0.1, -0.05) is 43.0 Å². The number of rotatable bonds is 8. The lowest BCUT2D eigenvalue weighted by atomic mass is 9.80. The van der Waals surface area contributed by atoms with Crippen molar-refractivity contribution in [3.8, 4) is 0 Å². The number of aromatic nitrogens is 2. The predicted molar refractivity (Wildman–Crippen MR) is 146 cm³/mol. The smallest absolute Gasteiger partial charge is 0.320 e. The van der Waals surface area contributed by atoms with Crippen molar-refractivity contribution < 1.29 is 14.3 Å². The van der Waals surface area contributed by atoms with Gasteiger partial charge in [0.15, 0.2) is 0 Å². The molecule has 0 amide bonds. The van der Waals surface area contributed by atoms with Gasteiger partial charge in [-0.2, -0.15) is 0 Å². The second kappa shape index (κ2) is 10.9. The summed E-state index contributed by atoms with van der Waals surface area (Å²) in [6, 6.07) is 10.3.